The fourth-order valence-electron chi connectivity index (χ4n) is 6.31. The molecule has 0 N–H and O–H groups in total. The van der Waals surface area contributed by atoms with E-state index in [9.17, 15) is 18.0 Å². The number of ether oxygens (including phenoxy) is 1. The second-order valence-electron chi connectivity index (χ2n) is 12.7. The average molecular weight is 598 g/mol. The normalized spacial score (nSPS) is 20.6. The van der Waals surface area contributed by atoms with Crippen molar-refractivity contribution in [1.29, 1.82) is 0 Å². The number of Topliss-reactive ketones (excluding diaryl/α,β-unsaturated/α-hetero) is 2. The minimum absolute atomic E-state index is 0.0223. The molecule has 2 aromatic carbocycles. The van der Waals surface area contributed by atoms with Crippen LogP contribution < -0.4 is 8.92 Å². The third kappa shape index (κ3) is 5.56. The summed E-state index contributed by atoms with van der Waals surface area (Å²) in [6.07, 6.45) is 2.20. The highest BCUT2D eigenvalue weighted by atomic mass is 35.5. The average Bonchev–Trinajstić information content (AvgIpc) is 2.85. The molecule has 9 heteroatoms. The van der Waals surface area contributed by atoms with Crippen molar-refractivity contribution in [3.05, 3.63) is 75.6 Å². The van der Waals surface area contributed by atoms with E-state index >= 15 is 0 Å². The smallest absolute Gasteiger partial charge is 0.339 e. The number of hydrogen-bond acceptors (Lipinski definition) is 7. The molecule has 0 fully saturated rings. The monoisotopic (exact) mass is 597 g/mol. The lowest BCUT2D eigenvalue weighted by molar-refractivity contribution is -0.119. The largest absolute Gasteiger partial charge is 0.490 e. The molecule has 0 saturated carbocycles. The molecular weight excluding hydrogens is 562 g/mol. The topological polar surface area (TPSA) is 90.0 Å². The van der Waals surface area contributed by atoms with E-state index in [-0.39, 0.29) is 45.4 Å². The fourth-order valence-corrected chi connectivity index (χ4v) is 7.37. The molecule has 2 aliphatic carbocycles. The van der Waals surface area contributed by atoms with Crippen LogP contribution in [0.15, 0.2) is 69.9 Å². The van der Waals surface area contributed by atoms with Crippen LogP contribution in [0.3, 0.4) is 0 Å². The van der Waals surface area contributed by atoms with Crippen LogP contribution in [0.1, 0.15) is 71.8 Å². The lowest BCUT2D eigenvalue weighted by atomic mass is 9.64. The maximum atomic E-state index is 13.8. The van der Waals surface area contributed by atoms with Crippen LogP contribution in [0.5, 0.6) is 11.5 Å². The van der Waals surface area contributed by atoms with Gasteiger partial charge >= 0.3 is 10.1 Å². The van der Waals surface area contributed by atoms with E-state index in [1.807, 2.05) is 7.05 Å². The summed E-state index contributed by atoms with van der Waals surface area (Å²) in [5.41, 5.74) is 3.47. The minimum Gasteiger partial charge on any atom is -0.490 e. The van der Waals surface area contributed by atoms with Gasteiger partial charge in [-0.25, -0.2) is 0 Å². The molecule has 0 amide bonds. The van der Waals surface area contributed by atoms with Gasteiger partial charge in [0.25, 0.3) is 0 Å². The van der Waals surface area contributed by atoms with Crippen LogP contribution in [0, 0.1) is 10.8 Å². The highest BCUT2D eigenvalue weighted by Crippen LogP contribution is 2.54. The number of ketones is 2. The van der Waals surface area contributed by atoms with Gasteiger partial charge in [0.05, 0.1) is 6.61 Å². The Morgan fingerprint density at radius 3 is 1.90 bits per heavy atom. The summed E-state index contributed by atoms with van der Waals surface area (Å²) < 4.78 is 37.5. The van der Waals surface area contributed by atoms with Crippen molar-refractivity contribution in [3.63, 3.8) is 0 Å². The molecule has 0 radical (unpaired) electrons. The third-order valence-electron chi connectivity index (χ3n) is 8.08. The van der Waals surface area contributed by atoms with Gasteiger partial charge in [-0.15, -0.1) is 0 Å². The van der Waals surface area contributed by atoms with Crippen LogP contribution >= 0.6 is 11.6 Å². The third-order valence-corrected chi connectivity index (χ3v) is 9.58. The van der Waals surface area contributed by atoms with E-state index in [2.05, 4.69) is 32.6 Å². The van der Waals surface area contributed by atoms with Gasteiger partial charge in [-0.05, 0) is 72.6 Å². The molecule has 0 aromatic heterocycles. The van der Waals surface area contributed by atoms with Crippen molar-refractivity contribution in [2.75, 3.05) is 13.7 Å². The Morgan fingerprint density at radius 2 is 1.39 bits per heavy atom. The molecule has 3 aliphatic rings. The maximum absolute atomic E-state index is 13.8. The first-order chi connectivity index (χ1) is 19.1. The number of allylic oxidation sites excluding steroid dienone is 4. The molecule has 7 nitrogen and oxygen atoms in total. The van der Waals surface area contributed by atoms with Crippen molar-refractivity contribution in [1.82, 2.24) is 4.90 Å². The molecule has 5 rings (SSSR count). The molecule has 0 bridgehead atoms. The lowest BCUT2D eigenvalue weighted by Crippen LogP contribution is -2.43. The van der Waals surface area contributed by atoms with Crippen LogP contribution in [-0.4, -0.2) is 38.5 Å². The summed E-state index contributed by atoms with van der Waals surface area (Å²) in [6.45, 7) is 10.4. The summed E-state index contributed by atoms with van der Waals surface area (Å²) in [5.74, 6) is -0.265. The summed E-state index contributed by atoms with van der Waals surface area (Å²) in [4.78, 5) is 29.6. The number of rotatable bonds is 6. The van der Waals surface area contributed by atoms with Crippen molar-refractivity contribution < 1.29 is 26.9 Å². The molecule has 0 atom stereocenters. The van der Waals surface area contributed by atoms with Crippen LogP contribution in [0.2, 0.25) is 5.02 Å². The first-order valence-corrected chi connectivity index (χ1v) is 15.6. The second-order valence-corrected chi connectivity index (χ2v) is 14.7. The number of benzene rings is 2. The highest BCUT2D eigenvalue weighted by molar-refractivity contribution is 7.87. The van der Waals surface area contributed by atoms with Crippen LogP contribution in [-0.2, 0) is 19.7 Å². The quantitative estimate of drug-likeness (QED) is 0.337. The van der Waals surface area contributed by atoms with Gasteiger partial charge in [-0.3, -0.25) is 9.59 Å². The van der Waals surface area contributed by atoms with Gasteiger partial charge in [0.1, 0.15) is 4.90 Å². The molecule has 0 unspecified atom stereocenters. The predicted octanol–water partition coefficient (Wildman–Crippen LogP) is 6.82. The predicted molar refractivity (Wildman–Crippen MR) is 157 cm³/mol. The highest BCUT2D eigenvalue weighted by Gasteiger charge is 2.48. The summed E-state index contributed by atoms with van der Waals surface area (Å²) >= 11 is 5.92. The number of nitrogens with zero attached hydrogens (tertiary/aromatic N) is 1. The van der Waals surface area contributed by atoms with Gasteiger partial charge in [0, 0.05) is 53.4 Å². The first-order valence-electron chi connectivity index (χ1n) is 13.9. The van der Waals surface area contributed by atoms with E-state index in [0.29, 0.717) is 47.4 Å². The van der Waals surface area contributed by atoms with E-state index in [1.54, 1.807) is 25.1 Å². The molecular formula is C32H36ClNO6S. The van der Waals surface area contributed by atoms with Crippen molar-refractivity contribution >= 4 is 33.3 Å². The summed E-state index contributed by atoms with van der Waals surface area (Å²) in [7, 11) is -2.20. The van der Waals surface area contributed by atoms with Crippen LogP contribution in [0.4, 0.5) is 0 Å². The van der Waals surface area contributed by atoms with Gasteiger partial charge in [-0.2, -0.15) is 8.42 Å². The fraction of sp³-hybridized carbons (Fsp3) is 0.438. The maximum Gasteiger partial charge on any atom is 0.339 e. The Balaban J connectivity index is 1.64. The molecule has 1 heterocycles. The second kappa shape index (κ2) is 10.3. The Kier molecular flexibility index (Phi) is 7.40. The van der Waals surface area contributed by atoms with E-state index in [4.69, 9.17) is 20.5 Å². The van der Waals surface area contributed by atoms with E-state index < -0.39 is 16.0 Å². The van der Waals surface area contributed by atoms with Crippen molar-refractivity contribution in [2.24, 2.45) is 10.8 Å². The lowest BCUT2D eigenvalue weighted by Gasteiger charge is -2.47. The molecule has 41 heavy (non-hydrogen) atoms. The molecule has 218 valence electrons. The number of carbonyl (C=O) groups is 2. The van der Waals surface area contributed by atoms with Crippen molar-refractivity contribution in [2.45, 2.75) is 71.1 Å². The van der Waals surface area contributed by atoms with Gasteiger partial charge in [-0.1, -0.05) is 45.4 Å². The minimum atomic E-state index is -4.17. The standard InChI is InChI=1S/C32H36ClNO6S/c1-7-39-27-14-19(8-13-26(27)40-41(37,38)21-11-9-20(33)10-12-21)28-29-22(15-31(2,3)17-24(29)35)34(6)23-16-32(4,5)18-25(36)30(23)28/h8-14,28H,7,15-18H2,1-6H3. The Labute approximate surface area is 247 Å². The van der Waals surface area contributed by atoms with Gasteiger partial charge in [0.2, 0.25) is 0 Å². The first kappa shape index (κ1) is 29.4. The van der Waals surface area contributed by atoms with Crippen molar-refractivity contribution in [3.8, 4) is 11.5 Å². The zero-order chi connectivity index (χ0) is 29.9. The molecule has 1 aliphatic heterocycles. The Bertz CT molecular complexity index is 1550. The zero-order valence-electron chi connectivity index (χ0n) is 24.3. The Hall–Kier alpha value is -3.10. The number of halogens is 1. The van der Waals surface area contributed by atoms with Gasteiger partial charge < -0.3 is 13.8 Å². The zero-order valence-corrected chi connectivity index (χ0v) is 25.9. The summed E-state index contributed by atoms with van der Waals surface area (Å²) in [6, 6.07) is 10.7. The molecule has 0 saturated heterocycles. The Morgan fingerprint density at radius 1 is 0.854 bits per heavy atom. The summed E-state index contributed by atoms with van der Waals surface area (Å²) in [5, 5.41) is 0.407. The molecule has 2 aromatic rings. The molecule has 0 spiro atoms. The van der Waals surface area contributed by atoms with Gasteiger partial charge in [0.15, 0.2) is 23.1 Å². The van der Waals surface area contributed by atoms with E-state index in [0.717, 1.165) is 11.4 Å². The SMILES string of the molecule is CCOc1cc(C2C3=C(CC(C)(C)CC3=O)N(C)C3=C2C(=O)CC(C)(C)C3)ccc1OS(=O)(=O)c1ccc(Cl)cc1. The van der Waals surface area contributed by atoms with Crippen LogP contribution in [0.25, 0.3) is 0 Å². The number of hydrogen-bond donors (Lipinski definition) is 0. The van der Waals surface area contributed by atoms with E-state index in [1.165, 1.54) is 24.3 Å². The number of carbonyl (C=O) groups excluding carboxylic acids is 2.